The van der Waals surface area contributed by atoms with Crippen LogP contribution >= 0.6 is 0 Å². The summed E-state index contributed by atoms with van der Waals surface area (Å²) in [5.41, 5.74) is 1.96. The number of fused-ring (bicyclic) bond motifs is 1. The molecule has 0 aliphatic heterocycles. The van der Waals surface area contributed by atoms with Gasteiger partial charge in [0, 0.05) is 23.6 Å². The standard InChI is InChI=1S/C14H18F2N2/c1-2-7-17-8-11-9-18(10-14(15)16)13-6-4-3-5-12(11)13/h3-6,9,14,17H,2,7-8,10H2,1H3. The first-order valence-corrected chi connectivity index (χ1v) is 6.28. The lowest BCUT2D eigenvalue weighted by Gasteiger charge is -2.03. The van der Waals surface area contributed by atoms with Gasteiger partial charge in [0.25, 0.3) is 6.43 Å². The quantitative estimate of drug-likeness (QED) is 0.780. The molecule has 98 valence electrons. The molecule has 0 aliphatic carbocycles. The number of nitrogens with one attached hydrogen (secondary N) is 1. The smallest absolute Gasteiger partial charge is 0.256 e. The van der Waals surface area contributed by atoms with Crippen LogP contribution in [0.3, 0.4) is 0 Å². The van der Waals surface area contributed by atoms with Gasteiger partial charge in [-0.15, -0.1) is 0 Å². The second-order valence-electron chi connectivity index (χ2n) is 4.39. The largest absolute Gasteiger partial charge is 0.341 e. The van der Waals surface area contributed by atoms with E-state index in [0.29, 0.717) is 0 Å². The monoisotopic (exact) mass is 252 g/mol. The fourth-order valence-electron chi connectivity index (χ4n) is 2.16. The van der Waals surface area contributed by atoms with Crippen LogP contribution in [0, 0.1) is 0 Å². The molecule has 1 aromatic carbocycles. The Kier molecular flexibility index (Phi) is 4.31. The lowest BCUT2D eigenvalue weighted by molar-refractivity contribution is 0.128. The third kappa shape index (κ3) is 2.88. The van der Waals surface area contributed by atoms with Gasteiger partial charge in [-0.25, -0.2) is 8.78 Å². The van der Waals surface area contributed by atoms with Crippen LogP contribution in [-0.4, -0.2) is 17.5 Å². The molecule has 2 rings (SSSR count). The molecule has 18 heavy (non-hydrogen) atoms. The molecule has 1 aromatic heterocycles. The molecule has 0 atom stereocenters. The summed E-state index contributed by atoms with van der Waals surface area (Å²) in [6.07, 6.45) is 0.576. The minimum atomic E-state index is -2.32. The Bertz CT molecular complexity index is 505. The predicted molar refractivity (Wildman–Crippen MR) is 69.9 cm³/mol. The minimum absolute atomic E-state index is 0.242. The maximum Gasteiger partial charge on any atom is 0.256 e. The molecule has 0 bridgehead atoms. The minimum Gasteiger partial charge on any atom is -0.341 e. The van der Waals surface area contributed by atoms with Crippen molar-refractivity contribution < 1.29 is 8.78 Å². The van der Waals surface area contributed by atoms with Gasteiger partial charge in [-0.3, -0.25) is 0 Å². The third-order valence-electron chi connectivity index (χ3n) is 2.95. The highest BCUT2D eigenvalue weighted by atomic mass is 19.3. The van der Waals surface area contributed by atoms with E-state index in [-0.39, 0.29) is 6.54 Å². The van der Waals surface area contributed by atoms with Crippen molar-refractivity contribution in [2.75, 3.05) is 6.54 Å². The van der Waals surface area contributed by atoms with Crippen molar-refractivity contribution >= 4 is 10.9 Å². The van der Waals surface area contributed by atoms with Crippen LogP contribution in [0.1, 0.15) is 18.9 Å². The highest BCUT2D eigenvalue weighted by Crippen LogP contribution is 2.22. The molecule has 2 nitrogen and oxygen atoms in total. The van der Waals surface area contributed by atoms with Crippen LogP contribution in [0.4, 0.5) is 8.78 Å². The molecule has 4 heteroatoms. The lowest BCUT2D eigenvalue weighted by atomic mass is 10.2. The van der Waals surface area contributed by atoms with Gasteiger partial charge >= 0.3 is 0 Å². The summed E-state index contributed by atoms with van der Waals surface area (Å²) in [5.74, 6) is 0. The summed E-state index contributed by atoms with van der Waals surface area (Å²) in [7, 11) is 0. The summed E-state index contributed by atoms with van der Waals surface area (Å²) in [6.45, 7) is 3.53. The molecular formula is C14H18F2N2. The summed E-state index contributed by atoms with van der Waals surface area (Å²) in [5, 5.41) is 4.37. The molecule has 1 heterocycles. The Hall–Kier alpha value is -1.42. The van der Waals surface area contributed by atoms with Gasteiger partial charge in [0.05, 0.1) is 6.54 Å². The van der Waals surface area contributed by atoms with Gasteiger partial charge in [0.1, 0.15) is 0 Å². The van der Waals surface area contributed by atoms with E-state index >= 15 is 0 Å². The average molecular weight is 252 g/mol. The van der Waals surface area contributed by atoms with E-state index in [9.17, 15) is 8.78 Å². The number of nitrogens with zero attached hydrogens (tertiary/aromatic N) is 1. The second-order valence-corrected chi connectivity index (χ2v) is 4.39. The molecular weight excluding hydrogens is 234 g/mol. The summed E-state index contributed by atoms with van der Waals surface area (Å²) in [4.78, 5) is 0. The predicted octanol–water partition coefficient (Wildman–Crippen LogP) is 3.41. The van der Waals surface area contributed by atoms with Crippen LogP contribution in [0.25, 0.3) is 10.9 Å². The molecule has 0 amide bonds. The molecule has 0 saturated heterocycles. The molecule has 0 radical (unpaired) electrons. The van der Waals surface area contributed by atoms with Crippen molar-refractivity contribution in [3.05, 3.63) is 36.0 Å². The van der Waals surface area contributed by atoms with E-state index in [2.05, 4.69) is 12.2 Å². The van der Waals surface area contributed by atoms with E-state index < -0.39 is 6.43 Å². The molecule has 0 unspecified atom stereocenters. The van der Waals surface area contributed by atoms with Crippen molar-refractivity contribution in [3.63, 3.8) is 0 Å². The average Bonchev–Trinajstić information content (AvgIpc) is 2.68. The second kappa shape index (κ2) is 5.96. The SMILES string of the molecule is CCCNCc1cn(CC(F)F)c2ccccc12. The number of halogens is 2. The van der Waals surface area contributed by atoms with Gasteiger partial charge in [0.2, 0.25) is 0 Å². The van der Waals surface area contributed by atoms with Gasteiger partial charge in [-0.2, -0.15) is 0 Å². The molecule has 0 saturated carbocycles. The van der Waals surface area contributed by atoms with E-state index in [1.165, 1.54) is 0 Å². The summed E-state index contributed by atoms with van der Waals surface area (Å²) < 4.78 is 26.7. The summed E-state index contributed by atoms with van der Waals surface area (Å²) in [6, 6.07) is 7.70. The number of rotatable bonds is 6. The van der Waals surface area contributed by atoms with Crippen LogP contribution in [0.2, 0.25) is 0 Å². The van der Waals surface area contributed by atoms with Crippen molar-refractivity contribution in [1.82, 2.24) is 9.88 Å². The molecule has 0 aliphatic rings. The number of alkyl halides is 2. The van der Waals surface area contributed by atoms with Crippen LogP contribution < -0.4 is 5.32 Å². The number of hydrogen-bond donors (Lipinski definition) is 1. The number of hydrogen-bond acceptors (Lipinski definition) is 1. The van der Waals surface area contributed by atoms with Gasteiger partial charge in [-0.05, 0) is 24.6 Å². The first-order valence-electron chi connectivity index (χ1n) is 6.28. The Balaban J connectivity index is 2.29. The fraction of sp³-hybridized carbons (Fsp3) is 0.429. The normalized spacial score (nSPS) is 11.6. The van der Waals surface area contributed by atoms with Crippen molar-refractivity contribution in [1.29, 1.82) is 0 Å². The number of benzene rings is 1. The van der Waals surface area contributed by atoms with Gasteiger partial charge in [0.15, 0.2) is 0 Å². The summed E-state index contributed by atoms with van der Waals surface area (Å²) >= 11 is 0. The van der Waals surface area contributed by atoms with Gasteiger partial charge < -0.3 is 9.88 Å². The Morgan fingerprint density at radius 2 is 2.06 bits per heavy atom. The van der Waals surface area contributed by atoms with Crippen molar-refractivity contribution in [2.24, 2.45) is 0 Å². The first-order chi connectivity index (χ1) is 8.72. The number of aromatic nitrogens is 1. The van der Waals surface area contributed by atoms with Gasteiger partial charge in [-0.1, -0.05) is 25.1 Å². The van der Waals surface area contributed by atoms with E-state index in [1.807, 2.05) is 30.5 Å². The zero-order chi connectivity index (χ0) is 13.0. The lowest BCUT2D eigenvalue weighted by Crippen LogP contribution is -2.13. The highest BCUT2D eigenvalue weighted by Gasteiger charge is 2.11. The van der Waals surface area contributed by atoms with Crippen LogP contribution in [0.5, 0.6) is 0 Å². The van der Waals surface area contributed by atoms with Crippen molar-refractivity contribution in [3.8, 4) is 0 Å². The fourth-order valence-corrected chi connectivity index (χ4v) is 2.16. The van der Waals surface area contributed by atoms with E-state index in [0.717, 1.165) is 36.0 Å². The Morgan fingerprint density at radius 1 is 1.28 bits per heavy atom. The Labute approximate surface area is 106 Å². The maximum absolute atomic E-state index is 12.5. The zero-order valence-electron chi connectivity index (χ0n) is 10.5. The van der Waals surface area contributed by atoms with Crippen molar-refractivity contribution in [2.45, 2.75) is 32.9 Å². The Morgan fingerprint density at radius 3 is 2.78 bits per heavy atom. The third-order valence-corrected chi connectivity index (χ3v) is 2.95. The zero-order valence-corrected chi connectivity index (χ0v) is 10.5. The molecule has 0 spiro atoms. The molecule has 1 N–H and O–H groups in total. The molecule has 0 fully saturated rings. The number of para-hydroxylation sites is 1. The highest BCUT2D eigenvalue weighted by molar-refractivity contribution is 5.83. The topological polar surface area (TPSA) is 17.0 Å². The maximum atomic E-state index is 12.5. The van der Waals surface area contributed by atoms with E-state index in [1.54, 1.807) is 4.57 Å². The van der Waals surface area contributed by atoms with Crippen LogP contribution in [0.15, 0.2) is 30.5 Å². The van der Waals surface area contributed by atoms with Crippen LogP contribution in [-0.2, 0) is 13.1 Å². The van der Waals surface area contributed by atoms with E-state index in [4.69, 9.17) is 0 Å². The molecule has 2 aromatic rings. The first kappa shape index (κ1) is 13.0.